The van der Waals surface area contributed by atoms with Crippen molar-refractivity contribution in [2.75, 3.05) is 29.9 Å². The minimum absolute atomic E-state index is 0.0472. The van der Waals surface area contributed by atoms with Crippen LogP contribution in [0, 0.1) is 20.8 Å². The Morgan fingerprint density at radius 3 is 2.35 bits per heavy atom. The lowest BCUT2D eigenvalue weighted by Gasteiger charge is -2.27. The molecule has 5 nitrogen and oxygen atoms in total. The first kappa shape index (κ1) is 17.8. The summed E-state index contributed by atoms with van der Waals surface area (Å²) in [4.78, 5) is 14.2. The maximum atomic E-state index is 12.5. The summed E-state index contributed by atoms with van der Waals surface area (Å²) in [5.74, 6) is 0.231. The molecule has 0 unspecified atom stereocenters. The van der Waals surface area contributed by atoms with Crippen LogP contribution in [0.2, 0.25) is 0 Å². The molecule has 1 fully saturated rings. The summed E-state index contributed by atoms with van der Waals surface area (Å²) in [7, 11) is -2.98. The minimum Gasteiger partial charge on any atom is -0.376 e. The van der Waals surface area contributed by atoms with E-state index in [-0.39, 0.29) is 30.0 Å². The van der Waals surface area contributed by atoms with Gasteiger partial charge in [-0.3, -0.25) is 4.79 Å². The Morgan fingerprint density at radius 1 is 1.26 bits per heavy atom. The third-order valence-corrected chi connectivity index (χ3v) is 6.15. The van der Waals surface area contributed by atoms with E-state index in [1.165, 1.54) is 5.56 Å². The van der Waals surface area contributed by atoms with Crippen molar-refractivity contribution < 1.29 is 13.2 Å². The molecular formula is C17H26N2O3S. The van der Waals surface area contributed by atoms with Gasteiger partial charge in [-0.1, -0.05) is 17.7 Å². The van der Waals surface area contributed by atoms with Gasteiger partial charge in [-0.05, 0) is 45.2 Å². The Kier molecular flexibility index (Phi) is 5.34. The van der Waals surface area contributed by atoms with Crippen LogP contribution >= 0.6 is 0 Å². The fraction of sp³-hybridized carbons (Fsp3) is 0.588. The number of rotatable bonds is 5. The molecule has 128 valence electrons. The number of carbonyl (C=O) groups excluding carboxylic acids is 1. The molecule has 0 spiro atoms. The number of hydrogen-bond acceptors (Lipinski definition) is 4. The van der Waals surface area contributed by atoms with Crippen molar-refractivity contribution in [2.45, 2.75) is 40.2 Å². The Labute approximate surface area is 139 Å². The first-order valence-corrected chi connectivity index (χ1v) is 9.87. The van der Waals surface area contributed by atoms with Crippen molar-refractivity contribution in [3.05, 3.63) is 28.8 Å². The average molecular weight is 338 g/mol. The smallest absolute Gasteiger partial charge is 0.242 e. The van der Waals surface area contributed by atoms with Crippen molar-refractivity contribution in [1.82, 2.24) is 4.90 Å². The second-order valence-corrected chi connectivity index (χ2v) is 8.59. The quantitative estimate of drug-likeness (QED) is 0.892. The lowest BCUT2D eigenvalue weighted by molar-refractivity contribution is -0.130. The summed E-state index contributed by atoms with van der Waals surface area (Å²) < 4.78 is 23.3. The Bertz CT molecular complexity index is 675. The van der Waals surface area contributed by atoms with E-state index in [9.17, 15) is 13.2 Å². The fourth-order valence-electron chi connectivity index (χ4n) is 3.38. The number of amides is 1. The van der Waals surface area contributed by atoms with E-state index in [1.54, 1.807) is 4.90 Å². The van der Waals surface area contributed by atoms with Gasteiger partial charge in [-0.25, -0.2) is 8.42 Å². The van der Waals surface area contributed by atoms with Gasteiger partial charge in [0.05, 0.1) is 18.1 Å². The predicted molar refractivity (Wildman–Crippen MR) is 93.6 cm³/mol. The number of hydrogen-bond donors (Lipinski definition) is 1. The summed E-state index contributed by atoms with van der Waals surface area (Å²) in [5.41, 5.74) is 4.41. The van der Waals surface area contributed by atoms with E-state index < -0.39 is 9.84 Å². The highest BCUT2D eigenvalue weighted by Gasteiger charge is 2.33. The van der Waals surface area contributed by atoms with E-state index in [4.69, 9.17) is 0 Å². The molecule has 1 aromatic rings. The van der Waals surface area contributed by atoms with Crippen molar-refractivity contribution >= 4 is 21.4 Å². The molecule has 1 N–H and O–H groups in total. The molecule has 1 aromatic carbocycles. The van der Waals surface area contributed by atoms with E-state index in [1.807, 2.05) is 27.7 Å². The van der Waals surface area contributed by atoms with Gasteiger partial charge in [0.1, 0.15) is 0 Å². The third kappa shape index (κ3) is 4.25. The molecule has 1 heterocycles. The second kappa shape index (κ2) is 6.91. The molecule has 1 atom stereocenters. The molecule has 23 heavy (non-hydrogen) atoms. The number of anilines is 1. The van der Waals surface area contributed by atoms with Crippen LogP contribution in [0.5, 0.6) is 0 Å². The molecule has 1 aliphatic rings. The summed E-state index contributed by atoms with van der Waals surface area (Å²) >= 11 is 0. The molecule has 0 aromatic heterocycles. The van der Waals surface area contributed by atoms with E-state index in [0.717, 1.165) is 16.8 Å². The van der Waals surface area contributed by atoms with Gasteiger partial charge >= 0.3 is 0 Å². The minimum atomic E-state index is -2.98. The van der Waals surface area contributed by atoms with Crippen LogP contribution in [0.1, 0.15) is 30.0 Å². The Balaban J connectivity index is 2.04. The molecule has 1 aliphatic heterocycles. The van der Waals surface area contributed by atoms with Crippen molar-refractivity contribution in [3.8, 4) is 0 Å². The maximum absolute atomic E-state index is 12.5. The topological polar surface area (TPSA) is 66.5 Å². The van der Waals surface area contributed by atoms with Gasteiger partial charge in [0.2, 0.25) is 5.91 Å². The van der Waals surface area contributed by atoms with Crippen LogP contribution in [-0.2, 0) is 14.6 Å². The van der Waals surface area contributed by atoms with Crippen LogP contribution in [0.3, 0.4) is 0 Å². The normalized spacial score (nSPS) is 19.6. The molecule has 1 saturated heterocycles. The maximum Gasteiger partial charge on any atom is 0.242 e. The van der Waals surface area contributed by atoms with Crippen LogP contribution < -0.4 is 5.32 Å². The zero-order chi connectivity index (χ0) is 17.2. The highest BCUT2D eigenvalue weighted by atomic mass is 32.2. The number of benzene rings is 1. The molecule has 0 saturated carbocycles. The molecule has 0 bridgehead atoms. The summed E-state index contributed by atoms with van der Waals surface area (Å²) in [6.07, 6.45) is 0.546. The molecule has 2 rings (SSSR count). The SMILES string of the molecule is CCN(C(=O)CNc1c(C)cc(C)cc1C)[C@H]1CCS(=O)(=O)C1. The Hall–Kier alpha value is -1.56. The van der Waals surface area contributed by atoms with Crippen LogP contribution in [0.4, 0.5) is 5.69 Å². The lowest BCUT2D eigenvalue weighted by atomic mass is 10.1. The largest absolute Gasteiger partial charge is 0.376 e. The van der Waals surface area contributed by atoms with E-state index >= 15 is 0 Å². The number of nitrogens with one attached hydrogen (secondary N) is 1. The average Bonchev–Trinajstić information content (AvgIpc) is 2.78. The van der Waals surface area contributed by atoms with Crippen molar-refractivity contribution in [1.29, 1.82) is 0 Å². The fourth-order valence-corrected chi connectivity index (χ4v) is 5.11. The van der Waals surface area contributed by atoms with Crippen LogP contribution in [0.25, 0.3) is 0 Å². The zero-order valence-corrected chi connectivity index (χ0v) is 15.2. The van der Waals surface area contributed by atoms with Gasteiger partial charge in [0.15, 0.2) is 9.84 Å². The number of likely N-dealkylation sites (N-methyl/N-ethyl adjacent to an activating group) is 1. The zero-order valence-electron chi connectivity index (χ0n) is 14.3. The van der Waals surface area contributed by atoms with Gasteiger partial charge in [0, 0.05) is 18.3 Å². The highest BCUT2D eigenvalue weighted by Crippen LogP contribution is 2.22. The molecule has 0 radical (unpaired) electrons. The number of aryl methyl sites for hydroxylation is 3. The number of nitrogens with zero attached hydrogens (tertiary/aromatic N) is 1. The highest BCUT2D eigenvalue weighted by molar-refractivity contribution is 7.91. The number of sulfone groups is 1. The van der Waals surface area contributed by atoms with Crippen LogP contribution in [-0.4, -0.2) is 49.9 Å². The summed E-state index contributed by atoms with van der Waals surface area (Å²) in [6, 6.07) is 3.99. The Morgan fingerprint density at radius 2 is 1.87 bits per heavy atom. The van der Waals surface area contributed by atoms with E-state index in [0.29, 0.717) is 13.0 Å². The molecular weight excluding hydrogens is 312 g/mol. The van der Waals surface area contributed by atoms with Gasteiger partial charge in [-0.2, -0.15) is 0 Å². The third-order valence-electron chi connectivity index (χ3n) is 4.40. The monoisotopic (exact) mass is 338 g/mol. The van der Waals surface area contributed by atoms with Gasteiger partial charge in [0.25, 0.3) is 0 Å². The lowest BCUT2D eigenvalue weighted by Crippen LogP contribution is -2.43. The van der Waals surface area contributed by atoms with Gasteiger partial charge < -0.3 is 10.2 Å². The second-order valence-electron chi connectivity index (χ2n) is 6.36. The molecule has 1 amide bonds. The van der Waals surface area contributed by atoms with E-state index in [2.05, 4.69) is 17.4 Å². The first-order chi connectivity index (χ1) is 10.7. The standard InChI is InChI=1S/C17H26N2O3S/c1-5-19(15-6-7-23(21,22)11-15)16(20)10-18-17-13(3)8-12(2)9-14(17)4/h8-9,15,18H,5-7,10-11H2,1-4H3/t15-/m0/s1. The first-order valence-electron chi connectivity index (χ1n) is 8.05. The summed E-state index contributed by atoms with van der Waals surface area (Å²) in [5, 5.41) is 3.23. The molecule has 6 heteroatoms. The van der Waals surface area contributed by atoms with Crippen molar-refractivity contribution in [2.24, 2.45) is 0 Å². The van der Waals surface area contributed by atoms with Gasteiger partial charge in [-0.15, -0.1) is 0 Å². The predicted octanol–water partition coefficient (Wildman–Crippen LogP) is 2.06. The summed E-state index contributed by atoms with van der Waals surface area (Å²) in [6.45, 7) is 8.71. The van der Waals surface area contributed by atoms with Crippen LogP contribution in [0.15, 0.2) is 12.1 Å². The van der Waals surface area contributed by atoms with Crippen molar-refractivity contribution in [3.63, 3.8) is 0 Å². The number of carbonyl (C=O) groups is 1. The molecule has 0 aliphatic carbocycles.